The van der Waals surface area contributed by atoms with Crippen LogP contribution in [0.1, 0.15) is 60.8 Å². The Morgan fingerprint density at radius 1 is 0.889 bits per heavy atom. The number of carbonyl (C=O) groups is 4. The Morgan fingerprint density at radius 3 is 1.89 bits per heavy atom. The summed E-state index contributed by atoms with van der Waals surface area (Å²) >= 11 is 3.30. The van der Waals surface area contributed by atoms with Crippen LogP contribution in [0.15, 0.2) is 53.4 Å². The van der Waals surface area contributed by atoms with Gasteiger partial charge in [0.1, 0.15) is 5.78 Å². The summed E-state index contributed by atoms with van der Waals surface area (Å²) in [5, 5.41) is 17.9. The molecule has 2 fully saturated rings. The van der Waals surface area contributed by atoms with Gasteiger partial charge < -0.3 is 10.2 Å². The van der Waals surface area contributed by atoms with Crippen molar-refractivity contribution in [3.05, 3.63) is 75.7 Å². The van der Waals surface area contributed by atoms with Gasteiger partial charge in [0.05, 0.1) is 22.0 Å². The normalized spacial score (nSPS) is 20.1. The van der Waals surface area contributed by atoms with Crippen LogP contribution in [0.5, 0.6) is 0 Å². The number of carboxylic acid groups (broad SMARTS) is 2. The number of aliphatic carboxylic acids is 2. The maximum Gasteiger partial charge on any atom is 0.310 e. The molecule has 2 aliphatic heterocycles. The Kier molecular flexibility index (Phi) is 9.96. The van der Waals surface area contributed by atoms with Gasteiger partial charge in [0.25, 0.3) is 0 Å². The van der Waals surface area contributed by atoms with E-state index in [-0.39, 0.29) is 11.0 Å². The number of Topliss-reactive ketones (excluding diaryl/α,β-unsaturated/α-hetero) is 2. The second-order valence-electron chi connectivity index (χ2n) is 8.84. The Morgan fingerprint density at radius 2 is 1.44 bits per heavy atom. The summed E-state index contributed by atoms with van der Waals surface area (Å²) in [5.74, 6) is -0.315. The van der Waals surface area contributed by atoms with Crippen molar-refractivity contribution in [3.63, 3.8) is 0 Å². The molecule has 2 heterocycles. The van der Waals surface area contributed by atoms with E-state index in [1.165, 1.54) is 0 Å². The molecular formula is C28H30O6S2. The molecule has 6 nitrogen and oxygen atoms in total. The van der Waals surface area contributed by atoms with Gasteiger partial charge in [-0.05, 0) is 48.6 Å². The number of hydrogen-bond donors (Lipinski definition) is 2. The topological polar surface area (TPSA) is 109 Å². The molecule has 0 spiro atoms. The van der Waals surface area contributed by atoms with E-state index >= 15 is 0 Å². The fraction of sp³-hybridized carbons (Fsp3) is 0.357. The number of ketones is 2. The molecule has 0 radical (unpaired) electrons. The summed E-state index contributed by atoms with van der Waals surface area (Å²) in [6.07, 6.45) is 3.93. The molecule has 190 valence electrons. The SMILES string of the molecule is CC(C(=O)O)c1ccc(C=C2SCCC2=O)cc1.CC(C(=O)O)c1ccc(CC2SCCC2=O)cc1. The number of benzene rings is 2. The van der Waals surface area contributed by atoms with Crippen LogP contribution in [0.2, 0.25) is 0 Å². The Balaban J connectivity index is 0.000000201. The predicted molar refractivity (Wildman–Crippen MR) is 145 cm³/mol. The second kappa shape index (κ2) is 12.9. The zero-order valence-electron chi connectivity index (χ0n) is 20.3. The van der Waals surface area contributed by atoms with Gasteiger partial charge in [-0.3, -0.25) is 19.2 Å². The first kappa shape index (κ1) is 27.7. The summed E-state index contributed by atoms with van der Waals surface area (Å²) < 4.78 is 0. The molecule has 0 aromatic heterocycles. The summed E-state index contributed by atoms with van der Waals surface area (Å²) in [7, 11) is 0. The largest absolute Gasteiger partial charge is 0.481 e. The van der Waals surface area contributed by atoms with Crippen molar-refractivity contribution in [2.24, 2.45) is 0 Å². The summed E-state index contributed by atoms with van der Waals surface area (Å²) in [6.45, 7) is 3.33. The molecule has 8 heteroatoms. The molecule has 36 heavy (non-hydrogen) atoms. The zero-order chi connectivity index (χ0) is 26.2. The van der Waals surface area contributed by atoms with Crippen LogP contribution in [0.25, 0.3) is 6.08 Å². The third-order valence-electron chi connectivity index (χ3n) is 6.26. The minimum atomic E-state index is -0.831. The highest BCUT2D eigenvalue weighted by molar-refractivity contribution is 8.04. The smallest absolute Gasteiger partial charge is 0.310 e. The van der Waals surface area contributed by atoms with E-state index < -0.39 is 23.8 Å². The molecule has 3 atom stereocenters. The average molecular weight is 527 g/mol. The second-order valence-corrected chi connectivity index (χ2v) is 11.3. The number of carboxylic acids is 2. The highest BCUT2D eigenvalue weighted by Gasteiger charge is 2.25. The molecule has 0 amide bonds. The molecule has 0 saturated carbocycles. The van der Waals surface area contributed by atoms with Crippen LogP contribution in [-0.4, -0.2) is 50.5 Å². The van der Waals surface area contributed by atoms with E-state index in [9.17, 15) is 19.2 Å². The van der Waals surface area contributed by atoms with E-state index in [4.69, 9.17) is 10.2 Å². The van der Waals surface area contributed by atoms with Crippen molar-refractivity contribution in [1.82, 2.24) is 0 Å². The van der Waals surface area contributed by atoms with Crippen LogP contribution in [0, 0.1) is 0 Å². The molecule has 0 aliphatic carbocycles. The monoisotopic (exact) mass is 526 g/mol. The molecule has 2 N–H and O–H groups in total. The highest BCUT2D eigenvalue weighted by atomic mass is 32.2. The van der Waals surface area contributed by atoms with Gasteiger partial charge >= 0.3 is 11.9 Å². The molecule has 2 aromatic carbocycles. The quantitative estimate of drug-likeness (QED) is 0.461. The zero-order valence-corrected chi connectivity index (χ0v) is 21.9. The van der Waals surface area contributed by atoms with Gasteiger partial charge in [-0.1, -0.05) is 48.5 Å². The minimum absolute atomic E-state index is 0.0905. The third kappa shape index (κ3) is 7.58. The highest BCUT2D eigenvalue weighted by Crippen LogP contribution is 2.29. The first-order chi connectivity index (χ1) is 17.2. The van der Waals surface area contributed by atoms with Crippen LogP contribution in [0.4, 0.5) is 0 Å². The van der Waals surface area contributed by atoms with Gasteiger partial charge in [-0.25, -0.2) is 0 Å². The van der Waals surface area contributed by atoms with E-state index in [1.54, 1.807) is 49.5 Å². The van der Waals surface area contributed by atoms with Crippen LogP contribution in [-0.2, 0) is 25.6 Å². The van der Waals surface area contributed by atoms with Crippen molar-refractivity contribution in [3.8, 4) is 0 Å². The van der Waals surface area contributed by atoms with Gasteiger partial charge in [0.15, 0.2) is 5.78 Å². The molecule has 2 saturated heterocycles. The van der Waals surface area contributed by atoms with Gasteiger partial charge in [-0.15, -0.1) is 23.5 Å². The Labute approximate surface area is 219 Å². The van der Waals surface area contributed by atoms with Crippen molar-refractivity contribution in [1.29, 1.82) is 0 Å². The number of hydrogen-bond acceptors (Lipinski definition) is 6. The Hall–Kier alpha value is -2.84. The first-order valence-corrected chi connectivity index (χ1v) is 13.9. The molecule has 2 aromatic rings. The van der Waals surface area contributed by atoms with E-state index in [0.717, 1.165) is 45.1 Å². The molecule has 4 rings (SSSR count). The number of thioether (sulfide) groups is 2. The third-order valence-corrected chi connectivity index (χ3v) is 8.60. The van der Waals surface area contributed by atoms with Crippen molar-refractivity contribution in [2.45, 2.75) is 50.2 Å². The Bertz CT molecular complexity index is 1140. The maximum absolute atomic E-state index is 11.5. The lowest BCUT2D eigenvalue weighted by Crippen LogP contribution is -2.13. The van der Waals surface area contributed by atoms with Gasteiger partial charge in [0, 0.05) is 24.3 Å². The number of allylic oxidation sites excluding steroid dienone is 1. The summed E-state index contributed by atoms with van der Waals surface area (Å²) in [5.41, 5.74) is 3.62. The minimum Gasteiger partial charge on any atom is -0.481 e. The van der Waals surface area contributed by atoms with Gasteiger partial charge in [0.2, 0.25) is 0 Å². The maximum atomic E-state index is 11.5. The molecule has 3 unspecified atom stereocenters. The van der Waals surface area contributed by atoms with Crippen molar-refractivity contribution >= 4 is 53.1 Å². The number of carbonyl (C=O) groups excluding carboxylic acids is 2. The lowest BCUT2D eigenvalue weighted by atomic mass is 9.98. The average Bonchev–Trinajstić information content (AvgIpc) is 3.46. The fourth-order valence-corrected chi connectivity index (χ4v) is 5.99. The van der Waals surface area contributed by atoms with E-state index in [2.05, 4.69) is 0 Å². The van der Waals surface area contributed by atoms with Crippen molar-refractivity contribution < 1.29 is 29.4 Å². The lowest BCUT2D eigenvalue weighted by Gasteiger charge is -2.10. The van der Waals surface area contributed by atoms with E-state index in [0.29, 0.717) is 18.6 Å². The molecule has 0 bridgehead atoms. The molecule has 2 aliphatic rings. The van der Waals surface area contributed by atoms with E-state index in [1.807, 2.05) is 42.5 Å². The van der Waals surface area contributed by atoms with Crippen molar-refractivity contribution in [2.75, 3.05) is 11.5 Å². The lowest BCUT2D eigenvalue weighted by molar-refractivity contribution is -0.139. The van der Waals surface area contributed by atoms with Gasteiger partial charge in [-0.2, -0.15) is 0 Å². The number of rotatable bonds is 7. The fourth-order valence-electron chi connectivity index (χ4n) is 3.78. The van der Waals surface area contributed by atoms with Crippen LogP contribution < -0.4 is 0 Å². The summed E-state index contributed by atoms with van der Waals surface area (Å²) in [4.78, 5) is 45.5. The summed E-state index contributed by atoms with van der Waals surface area (Å²) in [6, 6.07) is 14.9. The standard InChI is InChI=1S/C14H16O3S.C14H14O3S/c2*1-9(14(16)17)11-4-2-10(3-5-11)8-13-12(15)6-7-18-13/h2-5,9,13H,6-8H2,1H3,(H,16,17);2-5,8-9H,6-7H2,1H3,(H,16,17). The molecular weight excluding hydrogens is 496 g/mol. The van der Waals surface area contributed by atoms with Crippen LogP contribution >= 0.6 is 23.5 Å². The van der Waals surface area contributed by atoms with Crippen LogP contribution in [0.3, 0.4) is 0 Å². The predicted octanol–water partition coefficient (Wildman–Crippen LogP) is 5.41. The first-order valence-electron chi connectivity index (χ1n) is 11.8.